The molecule has 0 aromatic rings. The third-order valence-corrected chi connectivity index (χ3v) is 6.94. The second kappa shape index (κ2) is 5.70. The van der Waals surface area contributed by atoms with Crippen molar-refractivity contribution in [1.29, 1.82) is 0 Å². The third kappa shape index (κ3) is 2.57. The largest absolute Gasteiger partial charge is 0.456 e. The molecule has 5 aliphatic rings. The van der Waals surface area contributed by atoms with Crippen molar-refractivity contribution >= 4 is 5.97 Å². The summed E-state index contributed by atoms with van der Waals surface area (Å²) in [5.41, 5.74) is -3.62. The monoisotopic (exact) mass is 426 g/mol. The normalized spacial score (nSPS) is 47.2. The van der Waals surface area contributed by atoms with Gasteiger partial charge in [-0.1, -0.05) is 6.58 Å². The predicted octanol–water partition coefficient (Wildman–Crippen LogP) is 3.70. The molecule has 3 atom stereocenters. The minimum atomic E-state index is -5.74. The second-order valence-electron chi connectivity index (χ2n) is 9.27. The summed E-state index contributed by atoms with van der Waals surface area (Å²) in [5, 5.41) is 10.2. The Balaban J connectivity index is 1.82. The molecule has 4 bridgehead atoms. The van der Waals surface area contributed by atoms with Crippen LogP contribution >= 0.6 is 0 Å². The van der Waals surface area contributed by atoms with Gasteiger partial charge in [-0.25, -0.2) is 4.79 Å². The molecule has 1 heterocycles. The van der Waals surface area contributed by atoms with Crippen LogP contribution in [0, 0.1) is 17.8 Å². The fraction of sp³-hybridized carbons (Fsp3) is 0.842. The van der Waals surface area contributed by atoms with Crippen LogP contribution in [0.1, 0.15) is 46.0 Å². The van der Waals surface area contributed by atoms with Crippen LogP contribution in [0.3, 0.4) is 0 Å². The van der Waals surface area contributed by atoms with Gasteiger partial charge in [0.2, 0.25) is 0 Å². The molecule has 5 rings (SSSR count). The first-order chi connectivity index (χ1) is 13.1. The minimum absolute atomic E-state index is 0.0703. The maximum absolute atomic E-state index is 15.6. The van der Waals surface area contributed by atoms with Crippen LogP contribution in [0.25, 0.3) is 0 Å². The van der Waals surface area contributed by atoms with Crippen LogP contribution in [0.15, 0.2) is 12.7 Å². The highest BCUT2D eigenvalue weighted by molar-refractivity contribution is 5.81. The number of halogens is 5. The van der Waals surface area contributed by atoms with Crippen LogP contribution in [0.4, 0.5) is 22.0 Å². The van der Waals surface area contributed by atoms with Crippen molar-refractivity contribution in [3.8, 4) is 0 Å². The standard InChI is InChI=1S/C19H23F5O5/c1-4-13(25)27-15-7-10-5-11(8-15)16(12(6-10)9-15)17(20,21)18(26,19(22,23)24)29-14(2,3)28-16/h4,10-12,26H,1,5-9H2,2-3H3. The first-order valence-corrected chi connectivity index (χ1v) is 9.54. The average molecular weight is 426 g/mol. The number of aliphatic hydroxyl groups is 1. The molecule has 3 unspecified atom stereocenters. The molecule has 164 valence electrons. The summed E-state index contributed by atoms with van der Waals surface area (Å²) < 4.78 is 87.8. The zero-order chi connectivity index (χ0) is 21.7. The number of carbonyl (C=O) groups is 1. The summed E-state index contributed by atoms with van der Waals surface area (Å²) in [5.74, 6) is -14.4. The lowest BCUT2D eigenvalue weighted by atomic mass is 9.46. The third-order valence-electron chi connectivity index (χ3n) is 6.94. The van der Waals surface area contributed by atoms with Gasteiger partial charge in [0, 0.05) is 6.08 Å². The van der Waals surface area contributed by atoms with Gasteiger partial charge in [-0.05, 0) is 63.7 Å². The molecular formula is C19H23F5O5. The second-order valence-corrected chi connectivity index (χ2v) is 9.27. The molecule has 1 aliphatic heterocycles. The summed E-state index contributed by atoms with van der Waals surface area (Å²) in [7, 11) is 0. The Labute approximate surface area is 164 Å². The Bertz CT molecular complexity index is 732. The molecule has 5 nitrogen and oxygen atoms in total. The molecule has 29 heavy (non-hydrogen) atoms. The van der Waals surface area contributed by atoms with Crippen LogP contribution in [-0.2, 0) is 19.0 Å². The van der Waals surface area contributed by atoms with Crippen LogP contribution in [0.2, 0.25) is 0 Å². The Morgan fingerprint density at radius 3 is 2.17 bits per heavy atom. The molecule has 10 heteroatoms. The Kier molecular flexibility index (Phi) is 4.13. The Morgan fingerprint density at radius 1 is 1.14 bits per heavy atom. The quantitative estimate of drug-likeness (QED) is 0.415. The van der Waals surface area contributed by atoms with Crippen molar-refractivity contribution in [2.45, 2.75) is 80.8 Å². The lowest BCUT2D eigenvalue weighted by Crippen LogP contribution is -2.83. The minimum Gasteiger partial charge on any atom is -0.456 e. The molecule has 1 saturated heterocycles. The van der Waals surface area contributed by atoms with E-state index in [1.807, 2.05) is 0 Å². The molecule has 4 aliphatic carbocycles. The van der Waals surface area contributed by atoms with Crippen LogP contribution in [-0.4, -0.2) is 46.0 Å². The van der Waals surface area contributed by atoms with E-state index in [9.17, 15) is 23.1 Å². The molecule has 0 radical (unpaired) electrons. The highest BCUT2D eigenvalue weighted by Crippen LogP contribution is 2.70. The van der Waals surface area contributed by atoms with Gasteiger partial charge in [-0.15, -0.1) is 0 Å². The molecule has 1 spiro atoms. The molecule has 0 aromatic heterocycles. The molecule has 0 aromatic carbocycles. The van der Waals surface area contributed by atoms with E-state index in [0.29, 0.717) is 6.42 Å². The number of ether oxygens (including phenoxy) is 3. The Morgan fingerprint density at radius 2 is 1.69 bits per heavy atom. The van der Waals surface area contributed by atoms with Crippen molar-refractivity contribution in [1.82, 2.24) is 0 Å². The lowest BCUT2D eigenvalue weighted by molar-refractivity contribution is -0.560. The summed E-state index contributed by atoms with van der Waals surface area (Å²) >= 11 is 0. The van der Waals surface area contributed by atoms with E-state index in [1.54, 1.807) is 0 Å². The molecule has 0 amide bonds. The van der Waals surface area contributed by atoms with E-state index in [0.717, 1.165) is 19.9 Å². The summed E-state index contributed by atoms with van der Waals surface area (Å²) in [4.78, 5) is 11.8. The first-order valence-electron chi connectivity index (χ1n) is 9.54. The zero-order valence-corrected chi connectivity index (χ0v) is 16.0. The summed E-state index contributed by atoms with van der Waals surface area (Å²) in [6.45, 7) is 5.50. The number of esters is 1. The summed E-state index contributed by atoms with van der Waals surface area (Å²) in [6.07, 6.45) is -4.05. The van der Waals surface area contributed by atoms with E-state index in [4.69, 9.17) is 9.47 Å². The zero-order valence-electron chi connectivity index (χ0n) is 16.0. The van der Waals surface area contributed by atoms with E-state index < -0.39 is 52.7 Å². The van der Waals surface area contributed by atoms with Gasteiger partial charge in [-0.3, -0.25) is 0 Å². The van der Waals surface area contributed by atoms with Gasteiger partial charge >= 0.3 is 23.9 Å². The van der Waals surface area contributed by atoms with Crippen molar-refractivity contribution in [2.24, 2.45) is 17.8 Å². The topological polar surface area (TPSA) is 65.0 Å². The van der Waals surface area contributed by atoms with Crippen LogP contribution in [0.5, 0.6) is 0 Å². The Hall–Kier alpha value is -1.26. The molecular weight excluding hydrogens is 403 g/mol. The summed E-state index contributed by atoms with van der Waals surface area (Å²) in [6, 6.07) is 0. The van der Waals surface area contributed by atoms with Crippen LogP contribution < -0.4 is 0 Å². The van der Waals surface area contributed by atoms with E-state index >= 15 is 8.78 Å². The maximum Gasteiger partial charge on any atom is 0.449 e. The number of carbonyl (C=O) groups excluding carboxylic acids is 1. The maximum atomic E-state index is 15.6. The van der Waals surface area contributed by atoms with Gasteiger partial charge in [0.15, 0.2) is 5.79 Å². The highest BCUT2D eigenvalue weighted by atomic mass is 19.4. The molecule has 1 N–H and O–H groups in total. The van der Waals surface area contributed by atoms with Gasteiger partial charge in [0.1, 0.15) is 11.2 Å². The number of hydrogen-bond acceptors (Lipinski definition) is 5. The van der Waals surface area contributed by atoms with Gasteiger partial charge in [0.25, 0.3) is 0 Å². The van der Waals surface area contributed by atoms with Crippen molar-refractivity contribution < 1.29 is 46.1 Å². The van der Waals surface area contributed by atoms with Crippen molar-refractivity contribution in [3.63, 3.8) is 0 Å². The SMILES string of the molecule is C=CC(=O)OC12CC3CC(C1)C1(OC(C)(C)OC(O)(C(F)(F)F)C1(F)F)C(C3)C2. The number of rotatable bonds is 2. The van der Waals surface area contributed by atoms with Gasteiger partial charge in [0.05, 0.1) is 0 Å². The fourth-order valence-electron chi connectivity index (χ4n) is 6.37. The predicted molar refractivity (Wildman–Crippen MR) is 87.5 cm³/mol. The van der Waals surface area contributed by atoms with Gasteiger partial charge in [-0.2, -0.15) is 22.0 Å². The smallest absolute Gasteiger partial charge is 0.449 e. The lowest BCUT2D eigenvalue weighted by Gasteiger charge is -2.69. The van der Waals surface area contributed by atoms with Crippen molar-refractivity contribution in [3.05, 3.63) is 12.7 Å². The van der Waals surface area contributed by atoms with Crippen molar-refractivity contribution in [2.75, 3.05) is 0 Å². The van der Waals surface area contributed by atoms with E-state index in [2.05, 4.69) is 11.3 Å². The number of alkyl halides is 5. The highest BCUT2D eigenvalue weighted by Gasteiger charge is 2.87. The molecule has 4 saturated carbocycles. The van der Waals surface area contributed by atoms with Gasteiger partial charge < -0.3 is 19.3 Å². The fourth-order valence-corrected chi connectivity index (χ4v) is 6.37. The molecule has 5 fully saturated rings. The van der Waals surface area contributed by atoms with E-state index in [-0.39, 0.29) is 31.6 Å². The average Bonchev–Trinajstić information content (AvgIpc) is 2.54. The van der Waals surface area contributed by atoms with E-state index in [1.165, 1.54) is 0 Å². The first kappa shape index (κ1) is 21.0. The number of hydrogen-bond donors (Lipinski definition) is 1.